The van der Waals surface area contributed by atoms with Gasteiger partial charge in [-0.2, -0.15) is 0 Å². The summed E-state index contributed by atoms with van der Waals surface area (Å²) in [6.45, 7) is 1.94. The van der Waals surface area contributed by atoms with Gasteiger partial charge in [0.2, 0.25) is 0 Å². The summed E-state index contributed by atoms with van der Waals surface area (Å²) in [5.41, 5.74) is 0.923. The minimum Gasteiger partial charge on any atom is -0.358 e. The van der Waals surface area contributed by atoms with Crippen molar-refractivity contribution in [3.05, 3.63) is 36.0 Å². The van der Waals surface area contributed by atoms with Crippen LogP contribution in [0.15, 0.2) is 30.3 Å². The standard InChI is InChI=1S/C15H20ClN3/c1-18(2)8-9-19(3)15-14-7-5-4-6-12(14)10-13(11-16)17-15/h4-7,10H,8-9,11H2,1-3H3. The van der Waals surface area contributed by atoms with Gasteiger partial charge in [0, 0.05) is 25.5 Å². The summed E-state index contributed by atoms with van der Waals surface area (Å²) in [6.07, 6.45) is 0. The molecule has 19 heavy (non-hydrogen) atoms. The van der Waals surface area contributed by atoms with E-state index in [1.165, 1.54) is 10.8 Å². The van der Waals surface area contributed by atoms with E-state index >= 15 is 0 Å². The van der Waals surface area contributed by atoms with E-state index in [1.807, 2.05) is 12.1 Å². The number of rotatable bonds is 5. The fraction of sp³-hybridized carbons (Fsp3) is 0.400. The number of fused-ring (bicyclic) bond motifs is 1. The third-order valence-electron chi connectivity index (χ3n) is 3.15. The topological polar surface area (TPSA) is 19.4 Å². The van der Waals surface area contributed by atoms with Crippen LogP contribution in [0.4, 0.5) is 5.82 Å². The van der Waals surface area contributed by atoms with Crippen molar-refractivity contribution in [2.45, 2.75) is 5.88 Å². The first-order chi connectivity index (χ1) is 9.11. The smallest absolute Gasteiger partial charge is 0.136 e. The highest BCUT2D eigenvalue weighted by Crippen LogP contribution is 2.25. The molecule has 0 radical (unpaired) electrons. The number of alkyl halides is 1. The zero-order valence-electron chi connectivity index (χ0n) is 11.7. The lowest BCUT2D eigenvalue weighted by Crippen LogP contribution is -2.29. The Morgan fingerprint density at radius 1 is 1.11 bits per heavy atom. The van der Waals surface area contributed by atoms with E-state index in [-0.39, 0.29) is 0 Å². The van der Waals surface area contributed by atoms with Crippen LogP contribution in [0.2, 0.25) is 0 Å². The van der Waals surface area contributed by atoms with Gasteiger partial charge in [-0.15, -0.1) is 11.6 Å². The van der Waals surface area contributed by atoms with Gasteiger partial charge >= 0.3 is 0 Å². The minimum absolute atomic E-state index is 0.444. The van der Waals surface area contributed by atoms with Gasteiger partial charge in [-0.05, 0) is 25.5 Å². The zero-order chi connectivity index (χ0) is 13.8. The van der Waals surface area contributed by atoms with Crippen molar-refractivity contribution in [2.24, 2.45) is 0 Å². The Labute approximate surface area is 119 Å². The van der Waals surface area contributed by atoms with Crippen molar-refractivity contribution < 1.29 is 0 Å². The summed E-state index contributed by atoms with van der Waals surface area (Å²) in [7, 11) is 6.24. The van der Waals surface area contributed by atoms with Crippen LogP contribution < -0.4 is 4.90 Å². The first kappa shape index (κ1) is 14.1. The van der Waals surface area contributed by atoms with E-state index in [0.29, 0.717) is 5.88 Å². The fourth-order valence-electron chi connectivity index (χ4n) is 2.05. The SMILES string of the molecule is CN(C)CCN(C)c1nc(CCl)cc2ccccc12. The van der Waals surface area contributed by atoms with Crippen LogP contribution in [0.3, 0.4) is 0 Å². The van der Waals surface area contributed by atoms with Crippen molar-refractivity contribution in [3.63, 3.8) is 0 Å². The van der Waals surface area contributed by atoms with E-state index in [0.717, 1.165) is 24.6 Å². The molecular weight excluding hydrogens is 258 g/mol. The third-order valence-corrected chi connectivity index (χ3v) is 3.43. The monoisotopic (exact) mass is 277 g/mol. The van der Waals surface area contributed by atoms with E-state index in [2.05, 4.69) is 54.1 Å². The number of nitrogens with zero attached hydrogens (tertiary/aromatic N) is 3. The first-order valence-electron chi connectivity index (χ1n) is 6.42. The van der Waals surface area contributed by atoms with Crippen LogP contribution in [-0.2, 0) is 5.88 Å². The number of hydrogen-bond donors (Lipinski definition) is 0. The summed E-state index contributed by atoms with van der Waals surface area (Å²) in [6, 6.07) is 10.4. The largest absolute Gasteiger partial charge is 0.358 e. The molecule has 0 aliphatic heterocycles. The second-order valence-corrected chi connectivity index (χ2v) is 5.28. The predicted molar refractivity (Wildman–Crippen MR) is 83.1 cm³/mol. The number of benzene rings is 1. The molecule has 2 rings (SSSR count). The average Bonchev–Trinajstić information content (AvgIpc) is 2.43. The lowest BCUT2D eigenvalue weighted by Gasteiger charge is -2.22. The maximum atomic E-state index is 5.94. The van der Waals surface area contributed by atoms with Gasteiger partial charge in [-0.25, -0.2) is 4.98 Å². The van der Waals surface area contributed by atoms with Crippen molar-refractivity contribution in [1.82, 2.24) is 9.88 Å². The van der Waals surface area contributed by atoms with E-state index in [4.69, 9.17) is 11.6 Å². The molecule has 0 unspecified atom stereocenters. The normalized spacial score (nSPS) is 11.2. The summed E-state index contributed by atoms with van der Waals surface area (Å²) in [5.74, 6) is 1.45. The number of aromatic nitrogens is 1. The van der Waals surface area contributed by atoms with Gasteiger partial charge in [0.05, 0.1) is 11.6 Å². The molecule has 0 spiro atoms. The van der Waals surface area contributed by atoms with Gasteiger partial charge < -0.3 is 9.80 Å². The number of likely N-dealkylation sites (N-methyl/N-ethyl adjacent to an activating group) is 2. The average molecular weight is 278 g/mol. The molecule has 3 nitrogen and oxygen atoms in total. The van der Waals surface area contributed by atoms with Crippen molar-refractivity contribution >= 4 is 28.2 Å². The van der Waals surface area contributed by atoms with E-state index in [1.54, 1.807) is 0 Å². The van der Waals surface area contributed by atoms with Crippen molar-refractivity contribution in [3.8, 4) is 0 Å². The highest BCUT2D eigenvalue weighted by atomic mass is 35.5. The van der Waals surface area contributed by atoms with Gasteiger partial charge in [-0.1, -0.05) is 24.3 Å². The van der Waals surface area contributed by atoms with Gasteiger partial charge in [0.15, 0.2) is 0 Å². The van der Waals surface area contributed by atoms with Crippen LogP contribution >= 0.6 is 11.6 Å². The molecule has 0 N–H and O–H groups in total. The predicted octanol–water partition coefficient (Wildman–Crippen LogP) is 2.97. The lowest BCUT2D eigenvalue weighted by molar-refractivity contribution is 0.416. The number of hydrogen-bond acceptors (Lipinski definition) is 3. The first-order valence-corrected chi connectivity index (χ1v) is 6.95. The van der Waals surface area contributed by atoms with Crippen LogP contribution in [-0.4, -0.2) is 44.1 Å². The molecule has 0 atom stereocenters. The summed E-state index contributed by atoms with van der Waals surface area (Å²) in [4.78, 5) is 9.04. The fourth-order valence-corrected chi connectivity index (χ4v) is 2.19. The second kappa shape index (κ2) is 6.22. The molecule has 0 amide bonds. The molecule has 0 bridgehead atoms. The highest BCUT2D eigenvalue weighted by molar-refractivity contribution is 6.17. The molecule has 0 aliphatic rings. The van der Waals surface area contributed by atoms with Crippen LogP contribution in [0.25, 0.3) is 10.8 Å². The highest BCUT2D eigenvalue weighted by Gasteiger charge is 2.10. The Balaban J connectivity index is 2.39. The molecule has 102 valence electrons. The molecule has 0 saturated heterocycles. The lowest BCUT2D eigenvalue weighted by atomic mass is 10.1. The molecule has 0 fully saturated rings. The van der Waals surface area contributed by atoms with E-state index < -0.39 is 0 Å². The third kappa shape index (κ3) is 3.37. The maximum Gasteiger partial charge on any atom is 0.136 e. The quantitative estimate of drug-likeness (QED) is 0.784. The van der Waals surface area contributed by atoms with Crippen molar-refractivity contribution in [2.75, 3.05) is 39.1 Å². The van der Waals surface area contributed by atoms with Gasteiger partial charge in [0.25, 0.3) is 0 Å². The second-order valence-electron chi connectivity index (χ2n) is 5.02. The Kier molecular flexibility index (Phi) is 4.61. The summed E-state index contributed by atoms with van der Waals surface area (Å²) < 4.78 is 0. The Morgan fingerprint density at radius 2 is 1.84 bits per heavy atom. The Bertz CT molecular complexity index is 554. The molecule has 4 heteroatoms. The molecule has 1 aromatic heterocycles. The van der Waals surface area contributed by atoms with E-state index in [9.17, 15) is 0 Å². The minimum atomic E-state index is 0.444. The molecule has 1 aromatic carbocycles. The van der Waals surface area contributed by atoms with Crippen LogP contribution in [0, 0.1) is 0 Å². The van der Waals surface area contributed by atoms with Gasteiger partial charge in [-0.3, -0.25) is 0 Å². The molecule has 0 saturated carbocycles. The molecule has 2 aromatic rings. The van der Waals surface area contributed by atoms with Crippen LogP contribution in [0.1, 0.15) is 5.69 Å². The molecular formula is C15H20ClN3. The zero-order valence-corrected chi connectivity index (χ0v) is 12.5. The van der Waals surface area contributed by atoms with Crippen LogP contribution in [0.5, 0.6) is 0 Å². The van der Waals surface area contributed by atoms with Gasteiger partial charge in [0.1, 0.15) is 5.82 Å². The maximum absolute atomic E-state index is 5.94. The number of anilines is 1. The molecule has 0 aliphatic carbocycles. The Morgan fingerprint density at radius 3 is 2.53 bits per heavy atom. The van der Waals surface area contributed by atoms with Crippen molar-refractivity contribution in [1.29, 1.82) is 0 Å². The summed E-state index contributed by atoms with van der Waals surface area (Å²) >= 11 is 5.94. The number of pyridine rings is 1. The summed E-state index contributed by atoms with van der Waals surface area (Å²) in [5, 5.41) is 2.37. The number of halogens is 1. The molecule has 1 heterocycles. The Hall–Kier alpha value is -1.32.